The van der Waals surface area contributed by atoms with E-state index in [1.54, 1.807) is 6.07 Å². The summed E-state index contributed by atoms with van der Waals surface area (Å²) in [6.07, 6.45) is 0. The van der Waals surface area contributed by atoms with E-state index in [1.807, 2.05) is 26.0 Å². The van der Waals surface area contributed by atoms with Gasteiger partial charge in [-0.15, -0.1) is 0 Å². The average molecular weight is 294 g/mol. The molecule has 0 aliphatic rings. The summed E-state index contributed by atoms with van der Waals surface area (Å²) in [5.41, 5.74) is 1.49. The summed E-state index contributed by atoms with van der Waals surface area (Å²) < 4.78 is 11.3. The third-order valence-electron chi connectivity index (χ3n) is 3.88. The normalized spacial score (nSPS) is 12.2. The molecule has 1 aromatic rings. The third-order valence-corrected chi connectivity index (χ3v) is 8.24. The van der Waals surface area contributed by atoms with Crippen LogP contribution >= 0.6 is 0 Å². The van der Waals surface area contributed by atoms with Crippen LogP contribution in [0.2, 0.25) is 18.1 Å². The first-order valence-electron chi connectivity index (χ1n) is 7.05. The molecule has 0 fully saturated rings. The Labute approximate surface area is 123 Å². The molecule has 0 unspecified atom stereocenters. The predicted molar refractivity (Wildman–Crippen MR) is 85.0 cm³/mol. The molecule has 0 radical (unpaired) electrons. The van der Waals surface area contributed by atoms with Crippen LogP contribution in [0.3, 0.4) is 0 Å². The quantitative estimate of drug-likeness (QED) is 0.603. The highest BCUT2D eigenvalue weighted by molar-refractivity contribution is 6.74. The van der Waals surface area contributed by atoms with Gasteiger partial charge >= 0.3 is 5.97 Å². The minimum atomic E-state index is -1.89. The molecule has 20 heavy (non-hydrogen) atoms. The molecule has 4 heteroatoms. The lowest BCUT2D eigenvalue weighted by Gasteiger charge is -2.36. The Hall–Kier alpha value is -1.29. The maximum atomic E-state index is 11.9. The minimum absolute atomic E-state index is 0.127. The monoisotopic (exact) mass is 294 g/mol. The molecule has 0 atom stereocenters. The highest BCUT2D eigenvalue weighted by Gasteiger charge is 2.39. The second kappa shape index (κ2) is 6.00. The number of hydrogen-bond donors (Lipinski definition) is 0. The predicted octanol–water partition coefficient (Wildman–Crippen LogP) is 4.56. The number of aryl methyl sites for hydroxylation is 1. The van der Waals surface area contributed by atoms with Crippen molar-refractivity contribution in [2.75, 3.05) is 6.61 Å². The zero-order valence-electron chi connectivity index (χ0n) is 13.7. The largest absolute Gasteiger partial charge is 0.543 e. The Morgan fingerprint density at radius 2 is 1.85 bits per heavy atom. The third kappa shape index (κ3) is 3.85. The number of ether oxygens (including phenoxy) is 1. The van der Waals surface area contributed by atoms with Crippen molar-refractivity contribution in [1.82, 2.24) is 0 Å². The zero-order chi connectivity index (χ0) is 15.6. The van der Waals surface area contributed by atoms with Crippen molar-refractivity contribution in [1.29, 1.82) is 0 Å². The van der Waals surface area contributed by atoms with Crippen molar-refractivity contribution in [3.05, 3.63) is 29.3 Å². The van der Waals surface area contributed by atoms with Crippen molar-refractivity contribution in [3.63, 3.8) is 0 Å². The first-order chi connectivity index (χ1) is 9.08. The molecule has 0 aliphatic carbocycles. The number of carbonyl (C=O) groups is 1. The molecule has 1 rings (SSSR count). The van der Waals surface area contributed by atoms with Gasteiger partial charge in [0.05, 0.1) is 12.2 Å². The fraction of sp³-hybridized carbons (Fsp3) is 0.562. The maximum Gasteiger partial charge on any atom is 0.338 e. The van der Waals surface area contributed by atoms with E-state index in [4.69, 9.17) is 9.16 Å². The molecule has 3 nitrogen and oxygen atoms in total. The second-order valence-corrected chi connectivity index (χ2v) is 11.3. The van der Waals surface area contributed by atoms with Gasteiger partial charge in [-0.05, 0) is 49.7 Å². The molecule has 0 amide bonds. The smallest absolute Gasteiger partial charge is 0.338 e. The number of benzene rings is 1. The molecular weight excluding hydrogens is 268 g/mol. The highest BCUT2D eigenvalue weighted by Crippen LogP contribution is 2.37. The second-order valence-electron chi connectivity index (χ2n) is 6.56. The van der Waals surface area contributed by atoms with Crippen LogP contribution in [0.1, 0.15) is 43.6 Å². The Kier molecular flexibility index (Phi) is 5.03. The Morgan fingerprint density at radius 3 is 2.35 bits per heavy atom. The fourth-order valence-electron chi connectivity index (χ4n) is 1.54. The van der Waals surface area contributed by atoms with Gasteiger partial charge in [0.25, 0.3) is 0 Å². The Morgan fingerprint density at radius 1 is 1.25 bits per heavy atom. The van der Waals surface area contributed by atoms with E-state index in [2.05, 4.69) is 33.9 Å². The van der Waals surface area contributed by atoms with Gasteiger partial charge in [-0.1, -0.05) is 26.8 Å². The molecule has 0 aliphatic heterocycles. The van der Waals surface area contributed by atoms with Gasteiger partial charge in [0.1, 0.15) is 5.75 Å². The van der Waals surface area contributed by atoms with E-state index >= 15 is 0 Å². The number of rotatable bonds is 4. The molecular formula is C16H26O3Si. The summed E-state index contributed by atoms with van der Waals surface area (Å²) in [4.78, 5) is 11.9. The van der Waals surface area contributed by atoms with Crippen molar-refractivity contribution >= 4 is 14.3 Å². The molecule has 0 saturated carbocycles. The van der Waals surface area contributed by atoms with Gasteiger partial charge < -0.3 is 9.16 Å². The number of hydrogen-bond acceptors (Lipinski definition) is 3. The van der Waals surface area contributed by atoms with Crippen LogP contribution in [0, 0.1) is 6.92 Å². The molecule has 0 heterocycles. The maximum absolute atomic E-state index is 11.9. The lowest BCUT2D eigenvalue weighted by Crippen LogP contribution is -2.43. The lowest BCUT2D eigenvalue weighted by molar-refractivity contribution is 0.0525. The Bertz CT molecular complexity index is 487. The van der Waals surface area contributed by atoms with Gasteiger partial charge in [0, 0.05) is 0 Å². The lowest BCUT2D eigenvalue weighted by atomic mass is 10.1. The average Bonchev–Trinajstić information content (AvgIpc) is 2.30. The highest BCUT2D eigenvalue weighted by atomic mass is 28.4. The molecule has 0 N–H and O–H groups in total. The number of carbonyl (C=O) groups excluding carboxylic acids is 1. The first kappa shape index (κ1) is 16.8. The van der Waals surface area contributed by atoms with Crippen LogP contribution in [0.25, 0.3) is 0 Å². The topological polar surface area (TPSA) is 35.5 Å². The van der Waals surface area contributed by atoms with Crippen LogP contribution in [0.15, 0.2) is 18.2 Å². The van der Waals surface area contributed by atoms with Crippen LogP contribution in [0.5, 0.6) is 5.75 Å². The Balaban J connectivity index is 3.05. The summed E-state index contributed by atoms with van der Waals surface area (Å²) in [5, 5.41) is 0.127. The SMILES string of the molecule is CCOC(=O)c1cc(O[Si](C)(C)C(C)(C)C)ccc1C. The standard InChI is InChI=1S/C16H26O3Si/c1-8-18-15(17)14-11-13(10-9-12(14)2)19-20(6,7)16(3,4)5/h9-11H,8H2,1-7H3. The van der Waals surface area contributed by atoms with Crippen LogP contribution in [-0.2, 0) is 4.74 Å². The van der Waals surface area contributed by atoms with E-state index in [0.717, 1.165) is 11.3 Å². The summed E-state index contributed by atoms with van der Waals surface area (Å²) in [6, 6.07) is 5.64. The summed E-state index contributed by atoms with van der Waals surface area (Å²) >= 11 is 0. The molecule has 0 bridgehead atoms. The summed E-state index contributed by atoms with van der Waals surface area (Å²) in [6.45, 7) is 15.1. The molecule has 0 aromatic heterocycles. The van der Waals surface area contributed by atoms with E-state index in [1.165, 1.54) is 0 Å². The minimum Gasteiger partial charge on any atom is -0.543 e. The first-order valence-corrected chi connectivity index (χ1v) is 9.96. The van der Waals surface area contributed by atoms with Crippen LogP contribution in [0.4, 0.5) is 0 Å². The summed E-state index contributed by atoms with van der Waals surface area (Å²) in [7, 11) is -1.89. The van der Waals surface area contributed by atoms with E-state index in [9.17, 15) is 4.79 Å². The summed E-state index contributed by atoms with van der Waals surface area (Å²) in [5.74, 6) is 0.468. The van der Waals surface area contributed by atoms with E-state index < -0.39 is 8.32 Å². The van der Waals surface area contributed by atoms with Gasteiger partial charge in [-0.25, -0.2) is 4.79 Å². The van der Waals surface area contributed by atoms with Crippen molar-refractivity contribution in [2.45, 2.75) is 52.8 Å². The number of esters is 1. The van der Waals surface area contributed by atoms with Gasteiger partial charge in [0.15, 0.2) is 0 Å². The molecule has 1 aromatic carbocycles. The van der Waals surface area contributed by atoms with Crippen molar-refractivity contribution in [2.24, 2.45) is 0 Å². The van der Waals surface area contributed by atoms with Gasteiger partial charge in [-0.3, -0.25) is 0 Å². The van der Waals surface area contributed by atoms with Gasteiger partial charge in [-0.2, -0.15) is 0 Å². The molecule has 112 valence electrons. The van der Waals surface area contributed by atoms with Crippen molar-refractivity contribution < 1.29 is 14.0 Å². The van der Waals surface area contributed by atoms with Gasteiger partial charge in [0.2, 0.25) is 8.32 Å². The zero-order valence-corrected chi connectivity index (χ0v) is 14.7. The molecule has 0 saturated heterocycles. The van der Waals surface area contributed by atoms with Crippen LogP contribution < -0.4 is 4.43 Å². The fourth-order valence-corrected chi connectivity index (χ4v) is 2.56. The van der Waals surface area contributed by atoms with E-state index in [0.29, 0.717) is 12.2 Å². The van der Waals surface area contributed by atoms with E-state index in [-0.39, 0.29) is 11.0 Å². The molecule has 0 spiro atoms. The van der Waals surface area contributed by atoms with Crippen LogP contribution in [-0.4, -0.2) is 20.9 Å². The van der Waals surface area contributed by atoms with Crippen molar-refractivity contribution in [3.8, 4) is 5.75 Å².